The minimum absolute atomic E-state index is 0.0332. The first-order valence-corrected chi connectivity index (χ1v) is 7.83. The Morgan fingerprint density at radius 1 is 1.25 bits per heavy atom. The zero-order valence-corrected chi connectivity index (χ0v) is 13.8. The van der Waals surface area contributed by atoms with Crippen molar-refractivity contribution in [2.75, 3.05) is 0 Å². The van der Waals surface area contributed by atoms with Crippen LogP contribution in [-0.4, -0.2) is 20.4 Å². The number of aromatic nitrogens is 2. The van der Waals surface area contributed by atoms with Gasteiger partial charge < -0.3 is 10.5 Å². The van der Waals surface area contributed by atoms with E-state index in [9.17, 15) is 14.7 Å². The number of nitrogens with one attached hydrogen (secondary N) is 2. The summed E-state index contributed by atoms with van der Waals surface area (Å²) in [6.45, 7) is 4.28. The predicted molar refractivity (Wildman–Crippen MR) is 91.5 cm³/mol. The number of hydrogen-bond acceptors (Lipinski definition) is 5. The van der Waals surface area contributed by atoms with Crippen molar-refractivity contribution in [1.82, 2.24) is 15.0 Å². The Kier molecular flexibility index (Phi) is 4.01. The third-order valence-electron chi connectivity index (χ3n) is 4.34. The van der Waals surface area contributed by atoms with Crippen LogP contribution in [0.4, 0.5) is 0 Å². The SMILES string of the molecule is CC(C)c1ccc([C@H]2CC(c3c(O)n(C)c(=O)[nH]c3=O)=NN2)cc1. The fraction of sp³-hybridized carbons (Fsp3) is 0.353. The largest absolute Gasteiger partial charge is 0.494 e. The molecule has 0 bridgehead atoms. The molecule has 7 nitrogen and oxygen atoms in total. The van der Waals surface area contributed by atoms with Crippen molar-refractivity contribution in [3.8, 4) is 5.88 Å². The highest BCUT2D eigenvalue weighted by atomic mass is 16.3. The van der Waals surface area contributed by atoms with Crippen molar-refractivity contribution >= 4 is 5.71 Å². The molecule has 1 atom stereocenters. The van der Waals surface area contributed by atoms with E-state index in [4.69, 9.17) is 0 Å². The van der Waals surface area contributed by atoms with Crippen molar-refractivity contribution in [3.63, 3.8) is 0 Å². The molecule has 1 aliphatic rings. The summed E-state index contributed by atoms with van der Waals surface area (Å²) >= 11 is 0. The van der Waals surface area contributed by atoms with Crippen molar-refractivity contribution in [2.45, 2.75) is 32.2 Å². The van der Waals surface area contributed by atoms with Crippen LogP contribution in [0.25, 0.3) is 0 Å². The van der Waals surface area contributed by atoms with Gasteiger partial charge in [0.2, 0.25) is 5.88 Å². The van der Waals surface area contributed by atoms with Crippen molar-refractivity contribution in [1.29, 1.82) is 0 Å². The Hall–Kier alpha value is -2.83. The molecule has 0 saturated heterocycles. The van der Waals surface area contributed by atoms with Crippen LogP contribution < -0.4 is 16.7 Å². The summed E-state index contributed by atoms with van der Waals surface area (Å²) in [6.07, 6.45) is 0.454. The lowest BCUT2D eigenvalue weighted by Crippen LogP contribution is -2.32. The third-order valence-corrected chi connectivity index (χ3v) is 4.34. The first-order chi connectivity index (χ1) is 11.4. The van der Waals surface area contributed by atoms with E-state index >= 15 is 0 Å². The fourth-order valence-corrected chi connectivity index (χ4v) is 2.77. The standard InChI is InChI=1S/C17H20N4O3/c1-9(2)10-4-6-11(7-5-10)12-8-13(20-19-12)14-15(22)18-17(24)21(3)16(14)23/h4-7,9,12,19,23H,8H2,1-3H3,(H,18,22,24)/t12-/m1/s1. The number of aromatic hydroxyl groups is 1. The highest BCUT2D eigenvalue weighted by Crippen LogP contribution is 2.27. The second kappa shape index (κ2) is 5.99. The number of hydrogen-bond donors (Lipinski definition) is 3. The van der Waals surface area contributed by atoms with Crippen molar-refractivity contribution < 1.29 is 5.11 Å². The van der Waals surface area contributed by atoms with Gasteiger partial charge in [0.15, 0.2) is 0 Å². The summed E-state index contributed by atoms with van der Waals surface area (Å²) in [6, 6.07) is 8.16. The van der Waals surface area contributed by atoms with Crippen LogP contribution in [0.15, 0.2) is 39.0 Å². The summed E-state index contributed by atoms with van der Waals surface area (Å²) in [5.74, 6) is 0.0867. The molecule has 0 saturated carbocycles. The molecule has 2 aromatic rings. The van der Waals surface area contributed by atoms with Gasteiger partial charge in [0, 0.05) is 13.5 Å². The minimum atomic E-state index is -0.659. The minimum Gasteiger partial charge on any atom is -0.494 e. The molecule has 0 unspecified atom stereocenters. The predicted octanol–water partition coefficient (Wildman–Crippen LogP) is 1.34. The van der Waals surface area contributed by atoms with Gasteiger partial charge in [-0.2, -0.15) is 5.10 Å². The Labute approximate surface area is 138 Å². The quantitative estimate of drug-likeness (QED) is 0.791. The topological polar surface area (TPSA) is 99.5 Å². The Balaban J connectivity index is 1.87. The molecule has 0 spiro atoms. The van der Waals surface area contributed by atoms with Crippen LogP contribution in [0.1, 0.15) is 48.9 Å². The molecular formula is C17H20N4O3. The lowest BCUT2D eigenvalue weighted by atomic mass is 9.96. The Morgan fingerprint density at radius 2 is 1.92 bits per heavy atom. The van der Waals surface area contributed by atoms with Gasteiger partial charge in [-0.15, -0.1) is 0 Å². The average molecular weight is 328 g/mol. The Morgan fingerprint density at radius 3 is 2.54 bits per heavy atom. The molecule has 3 rings (SSSR count). The van der Waals surface area contributed by atoms with Crippen LogP contribution in [0.2, 0.25) is 0 Å². The van der Waals surface area contributed by atoms with Gasteiger partial charge >= 0.3 is 5.69 Å². The van der Waals surface area contributed by atoms with E-state index < -0.39 is 11.2 Å². The first kappa shape index (κ1) is 16.0. The lowest BCUT2D eigenvalue weighted by molar-refractivity contribution is 0.416. The number of rotatable bonds is 3. The molecule has 1 aromatic carbocycles. The number of aromatic amines is 1. The summed E-state index contributed by atoms with van der Waals surface area (Å²) in [4.78, 5) is 25.7. The highest BCUT2D eigenvalue weighted by Gasteiger charge is 2.26. The number of nitrogens with zero attached hydrogens (tertiary/aromatic N) is 2. The number of benzene rings is 1. The molecule has 24 heavy (non-hydrogen) atoms. The summed E-state index contributed by atoms with van der Waals surface area (Å²) < 4.78 is 0.990. The third kappa shape index (κ3) is 2.73. The van der Waals surface area contributed by atoms with E-state index in [1.807, 2.05) is 12.1 Å². The second-order valence-electron chi connectivity index (χ2n) is 6.28. The van der Waals surface area contributed by atoms with E-state index in [0.717, 1.165) is 10.1 Å². The molecule has 0 amide bonds. The smallest absolute Gasteiger partial charge is 0.330 e. The lowest BCUT2D eigenvalue weighted by Gasteiger charge is -2.12. The van der Waals surface area contributed by atoms with Crippen molar-refractivity contribution in [3.05, 3.63) is 61.8 Å². The molecule has 1 aliphatic heterocycles. The van der Waals surface area contributed by atoms with E-state index in [0.29, 0.717) is 18.1 Å². The van der Waals surface area contributed by atoms with Crippen molar-refractivity contribution in [2.24, 2.45) is 12.1 Å². The number of H-pyrrole nitrogens is 1. The molecule has 7 heteroatoms. The van der Waals surface area contributed by atoms with E-state index in [-0.39, 0.29) is 17.5 Å². The van der Waals surface area contributed by atoms with Crippen LogP contribution in [0.3, 0.4) is 0 Å². The fourth-order valence-electron chi connectivity index (χ4n) is 2.77. The summed E-state index contributed by atoms with van der Waals surface area (Å²) in [5.41, 5.74) is 4.48. The summed E-state index contributed by atoms with van der Waals surface area (Å²) in [5, 5.41) is 14.3. The van der Waals surface area contributed by atoms with Gasteiger partial charge in [-0.25, -0.2) is 4.79 Å². The zero-order valence-electron chi connectivity index (χ0n) is 13.8. The Bertz CT molecular complexity index is 907. The molecular weight excluding hydrogens is 308 g/mol. The van der Waals surface area contributed by atoms with Gasteiger partial charge in [-0.05, 0) is 17.0 Å². The van der Waals surface area contributed by atoms with Gasteiger partial charge in [-0.1, -0.05) is 38.1 Å². The van der Waals surface area contributed by atoms with Gasteiger partial charge in [0.1, 0.15) is 5.56 Å². The average Bonchev–Trinajstić information content (AvgIpc) is 3.02. The monoisotopic (exact) mass is 328 g/mol. The van der Waals surface area contributed by atoms with E-state index in [1.54, 1.807) is 0 Å². The van der Waals surface area contributed by atoms with Crippen LogP contribution in [-0.2, 0) is 7.05 Å². The number of hydrazone groups is 1. The first-order valence-electron chi connectivity index (χ1n) is 7.83. The molecule has 2 heterocycles. The van der Waals surface area contributed by atoms with Crippen LogP contribution >= 0.6 is 0 Å². The van der Waals surface area contributed by atoms with E-state index in [2.05, 4.69) is 41.5 Å². The molecule has 0 fully saturated rings. The van der Waals surface area contributed by atoms with E-state index in [1.165, 1.54) is 12.6 Å². The van der Waals surface area contributed by atoms with Crippen LogP contribution in [0, 0.1) is 0 Å². The van der Waals surface area contributed by atoms with Gasteiger partial charge in [-0.3, -0.25) is 14.3 Å². The molecule has 126 valence electrons. The molecule has 0 aliphatic carbocycles. The highest BCUT2D eigenvalue weighted by molar-refractivity contribution is 6.03. The maximum Gasteiger partial charge on any atom is 0.330 e. The molecule has 3 N–H and O–H groups in total. The normalized spacial score (nSPS) is 17.0. The molecule has 1 aromatic heterocycles. The molecule has 0 radical (unpaired) electrons. The maximum absolute atomic E-state index is 12.0. The van der Waals surface area contributed by atoms with Gasteiger partial charge in [0.05, 0.1) is 11.8 Å². The summed E-state index contributed by atoms with van der Waals surface area (Å²) in [7, 11) is 1.39. The van der Waals surface area contributed by atoms with Crippen LogP contribution in [0.5, 0.6) is 5.88 Å². The second-order valence-corrected chi connectivity index (χ2v) is 6.28. The maximum atomic E-state index is 12.0. The zero-order chi connectivity index (χ0) is 17.4. The van der Waals surface area contributed by atoms with Gasteiger partial charge in [0.25, 0.3) is 5.56 Å².